The highest BCUT2D eigenvalue weighted by Crippen LogP contribution is 2.28. The van der Waals surface area contributed by atoms with Gasteiger partial charge in [-0.1, -0.05) is 0 Å². The van der Waals surface area contributed by atoms with Crippen LogP contribution in [0.15, 0.2) is 58.3 Å². The number of carbonyl (C=O) groups is 2. The van der Waals surface area contributed by atoms with Gasteiger partial charge in [-0.25, -0.2) is 13.4 Å². The van der Waals surface area contributed by atoms with Gasteiger partial charge in [0.15, 0.2) is 5.69 Å². The van der Waals surface area contributed by atoms with Crippen LogP contribution in [-0.4, -0.2) is 48.6 Å². The van der Waals surface area contributed by atoms with Gasteiger partial charge in [-0.05, 0) is 55.5 Å². The zero-order chi connectivity index (χ0) is 21.9. The van der Waals surface area contributed by atoms with Crippen LogP contribution >= 0.6 is 0 Å². The van der Waals surface area contributed by atoms with Crippen LogP contribution < -0.4 is 10.1 Å². The highest BCUT2D eigenvalue weighted by atomic mass is 32.2. The number of hydrogen-bond donors (Lipinski definition) is 3. The third kappa shape index (κ3) is 4.33. The molecule has 3 N–H and O–H groups in total. The number of aromatic nitrogens is 1. The molecule has 3 aromatic rings. The van der Waals surface area contributed by atoms with Crippen molar-refractivity contribution in [3.05, 3.63) is 54.2 Å². The van der Waals surface area contributed by atoms with Crippen molar-refractivity contribution in [2.24, 2.45) is 0 Å². The summed E-state index contributed by atoms with van der Waals surface area (Å²) in [5.74, 6) is -2.05. The van der Waals surface area contributed by atoms with E-state index >= 15 is 0 Å². The van der Waals surface area contributed by atoms with Crippen molar-refractivity contribution in [3.8, 4) is 11.5 Å². The maximum absolute atomic E-state index is 12.9. The molecule has 0 radical (unpaired) electrons. The molecular weight excluding hydrogens is 412 g/mol. The third-order valence-corrected chi connectivity index (χ3v) is 5.90. The summed E-state index contributed by atoms with van der Waals surface area (Å²) in [5.41, 5.74) is -0.0928. The molecule has 9 nitrogen and oxygen atoms in total. The molecule has 0 fully saturated rings. The van der Waals surface area contributed by atoms with E-state index in [9.17, 15) is 23.1 Å². The number of nitrogens with zero attached hydrogens (tertiary/aromatic N) is 1. The molecule has 0 aliphatic heterocycles. The van der Waals surface area contributed by atoms with E-state index in [1.165, 1.54) is 36.4 Å². The summed E-state index contributed by atoms with van der Waals surface area (Å²) >= 11 is 0. The third-order valence-electron chi connectivity index (χ3n) is 4.14. The maximum Gasteiger partial charge on any atom is 0.322 e. The zero-order valence-electron chi connectivity index (χ0n) is 15.8. The number of nitrogens with one attached hydrogen (secondary N) is 1. The minimum absolute atomic E-state index is 0.0107. The Kier molecular flexibility index (Phi) is 5.88. The number of sulfone groups is 1. The van der Waals surface area contributed by atoms with Crippen molar-refractivity contribution in [2.75, 3.05) is 13.2 Å². The van der Waals surface area contributed by atoms with Gasteiger partial charge in [-0.2, -0.15) is 0 Å². The number of hydrogen-bond acceptors (Lipinski definition) is 7. The predicted molar refractivity (Wildman–Crippen MR) is 106 cm³/mol. The van der Waals surface area contributed by atoms with Crippen molar-refractivity contribution < 1.29 is 33.0 Å². The van der Waals surface area contributed by atoms with Crippen LogP contribution in [0.25, 0.3) is 10.9 Å². The Morgan fingerprint density at radius 2 is 1.73 bits per heavy atom. The van der Waals surface area contributed by atoms with E-state index in [2.05, 4.69) is 10.3 Å². The standard InChI is InChI=1S/C20H18N2O7S/c1-2-29-13-3-5-14(6-4-13)30(27,28)15-7-8-16-12(9-15)10-17(23)19(22-16)20(26)21-11-18(24)25/h3-10,23H,2,11H2,1H3,(H,21,26)(H,24,25). The van der Waals surface area contributed by atoms with Gasteiger partial charge < -0.3 is 20.3 Å². The molecule has 0 spiro atoms. The number of carboxylic acids is 1. The van der Waals surface area contributed by atoms with Crippen molar-refractivity contribution in [1.82, 2.24) is 10.3 Å². The number of fused-ring (bicyclic) bond motifs is 1. The Morgan fingerprint density at radius 1 is 1.07 bits per heavy atom. The molecule has 10 heteroatoms. The fourth-order valence-corrected chi connectivity index (χ4v) is 4.03. The van der Waals surface area contributed by atoms with E-state index in [4.69, 9.17) is 9.84 Å². The second-order valence-electron chi connectivity index (χ2n) is 6.19. The Morgan fingerprint density at radius 3 is 2.37 bits per heavy atom. The van der Waals surface area contributed by atoms with Crippen LogP contribution in [-0.2, 0) is 14.6 Å². The molecule has 30 heavy (non-hydrogen) atoms. The quantitative estimate of drug-likeness (QED) is 0.516. The summed E-state index contributed by atoms with van der Waals surface area (Å²) < 4.78 is 31.1. The molecule has 1 amide bonds. The number of aromatic hydroxyl groups is 1. The van der Waals surface area contributed by atoms with Crippen molar-refractivity contribution in [3.63, 3.8) is 0 Å². The first-order valence-electron chi connectivity index (χ1n) is 8.84. The molecule has 0 unspecified atom stereocenters. The summed E-state index contributed by atoms with van der Waals surface area (Å²) in [6.07, 6.45) is 0. The van der Waals surface area contributed by atoms with Crippen molar-refractivity contribution in [1.29, 1.82) is 0 Å². The fourth-order valence-electron chi connectivity index (χ4n) is 2.74. The molecule has 0 aliphatic rings. The van der Waals surface area contributed by atoms with Crippen molar-refractivity contribution in [2.45, 2.75) is 16.7 Å². The smallest absolute Gasteiger partial charge is 0.322 e. The van der Waals surface area contributed by atoms with Gasteiger partial charge in [0, 0.05) is 5.39 Å². The lowest BCUT2D eigenvalue weighted by Gasteiger charge is -2.09. The summed E-state index contributed by atoms with van der Waals surface area (Å²) in [6.45, 7) is 1.66. The van der Waals surface area contributed by atoms with Crippen molar-refractivity contribution >= 4 is 32.6 Å². The van der Waals surface area contributed by atoms with Gasteiger partial charge >= 0.3 is 5.97 Å². The molecule has 3 rings (SSSR count). The molecular formula is C20H18N2O7S. The molecule has 1 heterocycles. The first-order valence-corrected chi connectivity index (χ1v) is 10.3. The predicted octanol–water partition coefficient (Wildman–Crippen LogP) is 1.99. The summed E-state index contributed by atoms with van der Waals surface area (Å²) in [4.78, 5) is 26.6. The second-order valence-corrected chi connectivity index (χ2v) is 8.14. The van der Waals surface area contributed by atoms with Crippen LogP contribution in [0.2, 0.25) is 0 Å². The number of aliphatic carboxylic acids is 1. The first kappa shape index (κ1) is 21.1. The Hall–Kier alpha value is -3.66. The first-order chi connectivity index (χ1) is 14.2. The number of benzene rings is 2. The molecule has 0 saturated heterocycles. The van der Waals surface area contributed by atoms with Crippen LogP contribution in [0.4, 0.5) is 0 Å². The van der Waals surface area contributed by atoms with Crippen LogP contribution in [0.3, 0.4) is 0 Å². The molecule has 0 bridgehead atoms. The lowest BCUT2D eigenvalue weighted by Crippen LogP contribution is -2.29. The molecule has 2 aromatic carbocycles. The van der Waals surface area contributed by atoms with Gasteiger partial charge in [0.25, 0.3) is 5.91 Å². The van der Waals surface area contributed by atoms with E-state index < -0.39 is 34.0 Å². The minimum atomic E-state index is -3.83. The van der Waals surface area contributed by atoms with E-state index in [1.54, 1.807) is 12.1 Å². The highest BCUT2D eigenvalue weighted by molar-refractivity contribution is 7.91. The number of carboxylic acid groups (broad SMARTS) is 1. The normalized spacial score (nSPS) is 11.2. The van der Waals surface area contributed by atoms with E-state index in [0.29, 0.717) is 17.7 Å². The van der Waals surface area contributed by atoms with Crippen LogP contribution in [0.1, 0.15) is 17.4 Å². The summed E-state index contributed by atoms with van der Waals surface area (Å²) in [7, 11) is -3.83. The SMILES string of the molecule is CCOc1ccc(S(=O)(=O)c2ccc3nc(C(=O)NCC(=O)O)c(O)cc3c2)cc1. The van der Waals surface area contributed by atoms with Gasteiger partial charge in [0.1, 0.15) is 18.0 Å². The molecule has 1 aromatic heterocycles. The maximum atomic E-state index is 12.9. The lowest BCUT2D eigenvalue weighted by molar-refractivity contribution is -0.135. The van der Waals surface area contributed by atoms with Gasteiger partial charge in [-0.15, -0.1) is 0 Å². The van der Waals surface area contributed by atoms with E-state index in [1.807, 2.05) is 6.92 Å². The van der Waals surface area contributed by atoms with Gasteiger partial charge in [-0.3, -0.25) is 9.59 Å². The molecule has 156 valence electrons. The molecule has 0 aliphatic carbocycles. The highest BCUT2D eigenvalue weighted by Gasteiger charge is 2.20. The van der Waals surface area contributed by atoms with Gasteiger partial charge in [0.05, 0.1) is 21.9 Å². The van der Waals surface area contributed by atoms with Crippen LogP contribution in [0, 0.1) is 0 Å². The number of ether oxygens (including phenoxy) is 1. The topological polar surface area (TPSA) is 143 Å². The Balaban J connectivity index is 1.95. The molecule has 0 saturated carbocycles. The Bertz CT molecular complexity index is 1220. The Labute approximate surface area is 171 Å². The average molecular weight is 430 g/mol. The number of pyridine rings is 1. The largest absolute Gasteiger partial charge is 0.505 e. The lowest BCUT2D eigenvalue weighted by atomic mass is 10.2. The summed E-state index contributed by atoms with van der Waals surface area (Å²) in [5, 5.41) is 21.1. The van der Waals surface area contributed by atoms with Crippen LogP contribution in [0.5, 0.6) is 11.5 Å². The molecule has 0 atom stereocenters. The number of rotatable bonds is 7. The average Bonchev–Trinajstić information content (AvgIpc) is 2.71. The van der Waals surface area contributed by atoms with E-state index in [0.717, 1.165) is 0 Å². The monoisotopic (exact) mass is 430 g/mol. The second kappa shape index (κ2) is 8.37. The van der Waals surface area contributed by atoms with E-state index in [-0.39, 0.29) is 21.0 Å². The number of amides is 1. The fraction of sp³-hybridized carbons (Fsp3) is 0.150. The summed E-state index contributed by atoms with van der Waals surface area (Å²) in [6, 6.07) is 11.3. The number of carbonyl (C=O) groups excluding carboxylic acids is 1. The van der Waals surface area contributed by atoms with Gasteiger partial charge in [0.2, 0.25) is 9.84 Å². The minimum Gasteiger partial charge on any atom is -0.505 e. The zero-order valence-corrected chi connectivity index (χ0v) is 16.6.